The van der Waals surface area contributed by atoms with Gasteiger partial charge in [-0.3, -0.25) is 0 Å². The highest BCUT2D eigenvalue weighted by atomic mass is 32.2. The molecular formula is C25H24O3S. The second kappa shape index (κ2) is 10.5. The Balaban J connectivity index is 1.72. The van der Waals surface area contributed by atoms with Crippen LogP contribution < -0.4 is 4.74 Å². The Labute approximate surface area is 176 Å². The maximum Gasteiger partial charge on any atom is 0.341 e. The number of hydrogen-bond donors (Lipinski definition) is 1. The van der Waals surface area contributed by atoms with Gasteiger partial charge in [-0.25, -0.2) is 4.79 Å². The third-order valence-corrected chi connectivity index (χ3v) is 5.42. The number of carboxylic acid groups (broad SMARTS) is 1. The number of ether oxygens (including phenoxy) is 1. The predicted molar refractivity (Wildman–Crippen MR) is 120 cm³/mol. The van der Waals surface area contributed by atoms with E-state index in [0.29, 0.717) is 5.75 Å². The van der Waals surface area contributed by atoms with Crippen LogP contribution in [0.2, 0.25) is 0 Å². The number of hydrogen-bond acceptors (Lipinski definition) is 3. The van der Waals surface area contributed by atoms with Crippen molar-refractivity contribution in [3.05, 3.63) is 102 Å². The third-order valence-electron chi connectivity index (χ3n) is 4.48. The zero-order valence-corrected chi connectivity index (χ0v) is 17.2. The lowest BCUT2D eigenvalue weighted by Gasteiger charge is -2.10. The Morgan fingerprint density at radius 1 is 0.931 bits per heavy atom. The smallest absolute Gasteiger partial charge is 0.341 e. The average Bonchev–Trinajstić information content (AvgIpc) is 2.77. The number of carboxylic acids is 1. The van der Waals surface area contributed by atoms with Crippen LogP contribution in [0.15, 0.2) is 89.8 Å². The molecule has 0 aliphatic rings. The van der Waals surface area contributed by atoms with Crippen molar-refractivity contribution < 1.29 is 14.6 Å². The highest BCUT2D eigenvalue weighted by Gasteiger charge is 2.05. The number of carbonyl (C=O) groups is 1. The van der Waals surface area contributed by atoms with Crippen LogP contribution in [0, 0.1) is 0 Å². The molecule has 0 saturated heterocycles. The molecule has 0 amide bonds. The van der Waals surface area contributed by atoms with Gasteiger partial charge in [0.15, 0.2) is 6.61 Å². The van der Waals surface area contributed by atoms with E-state index in [1.165, 1.54) is 22.3 Å². The summed E-state index contributed by atoms with van der Waals surface area (Å²) in [6.07, 6.45) is 3.29. The van der Waals surface area contributed by atoms with Gasteiger partial charge in [0.2, 0.25) is 0 Å². The molecule has 0 fully saturated rings. The Morgan fingerprint density at radius 3 is 2.21 bits per heavy atom. The molecule has 3 aromatic carbocycles. The van der Waals surface area contributed by atoms with E-state index in [9.17, 15) is 4.79 Å². The quantitative estimate of drug-likeness (QED) is 0.449. The highest BCUT2D eigenvalue weighted by Crippen LogP contribution is 2.27. The van der Waals surface area contributed by atoms with Gasteiger partial charge in [-0.1, -0.05) is 67.6 Å². The summed E-state index contributed by atoms with van der Waals surface area (Å²) in [7, 11) is 0. The van der Waals surface area contributed by atoms with Crippen LogP contribution in [0.3, 0.4) is 0 Å². The van der Waals surface area contributed by atoms with Crippen molar-refractivity contribution in [2.75, 3.05) is 12.4 Å². The maximum atomic E-state index is 10.6. The van der Waals surface area contributed by atoms with Crippen LogP contribution in [-0.2, 0) is 11.2 Å². The van der Waals surface area contributed by atoms with Crippen LogP contribution in [0.5, 0.6) is 5.75 Å². The molecule has 0 heterocycles. The maximum absolute atomic E-state index is 10.6. The molecule has 148 valence electrons. The van der Waals surface area contributed by atoms with E-state index in [0.717, 1.165) is 17.1 Å². The molecule has 0 radical (unpaired) electrons. The molecule has 0 bridgehead atoms. The van der Waals surface area contributed by atoms with E-state index in [2.05, 4.69) is 61.5 Å². The van der Waals surface area contributed by atoms with Gasteiger partial charge >= 0.3 is 5.97 Å². The minimum absolute atomic E-state index is 0.327. The lowest BCUT2D eigenvalue weighted by Crippen LogP contribution is -2.09. The van der Waals surface area contributed by atoms with E-state index in [1.54, 1.807) is 23.9 Å². The van der Waals surface area contributed by atoms with E-state index in [-0.39, 0.29) is 6.61 Å². The summed E-state index contributed by atoms with van der Waals surface area (Å²) in [4.78, 5) is 11.7. The number of benzene rings is 3. The summed E-state index contributed by atoms with van der Waals surface area (Å²) in [5.74, 6) is 0.414. The highest BCUT2D eigenvalue weighted by molar-refractivity contribution is 7.99. The number of rotatable bonds is 9. The van der Waals surface area contributed by atoms with Crippen molar-refractivity contribution in [1.82, 2.24) is 0 Å². The van der Waals surface area contributed by atoms with Crippen LogP contribution in [0.1, 0.15) is 23.6 Å². The second-order valence-electron chi connectivity index (χ2n) is 6.50. The largest absolute Gasteiger partial charge is 0.482 e. The fraction of sp³-hybridized carbons (Fsp3) is 0.160. The van der Waals surface area contributed by atoms with Crippen molar-refractivity contribution >= 4 is 23.3 Å². The molecule has 0 saturated carbocycles. The van der Waals surface area contributed by atoms with Crippen LogP contribution in [-0.4, -0.2) is 23.4 Å². The van der Waals surface area contributed by atoms with Crippen molar-refractivity contribution in [2.24, 2.45) is 0 Å². The first-order valence-electron chi connectivity index (χ1n) is 9.58. The van der Waals surface area contributed by atoms with Crippen molar-refractivity contribution in [2.45, 2.75) is 18.2 Å². The zero-order valence-electron chi connectivity index (χ0n) is 16.4. The van der Waals surface area contributed by atoms with Gasteiger partial charge < -0.3 is 9.84 Å². The van der Waals surface area contributed by atoms with Crippen molar-refractivity contribution in [1.29, 1.82) is 0 Å². The first kappa shape index (κ1) is 20.7. The van der Waals surface area contributed by atoms with E-state index in [1.807, 2.05) is 18.2 Å². The Kier molecular flexibility index (Phi) is 7.54. The molecule has 0 aliphatic carbocycles. The molecule has 3 rings (SSSR count). The average molecular weight is 405 g/mol. The molecule has 29 heavy (non-hydrogen) atoms. The SMILES string of the molecule is CCc1ccc(C(=CCSc2ccc(OCC(=O)O)cc2)c2ccccc2)cc1. The molecule has 0 aromatic heterocycles. The summed E-state index contributed by atoms with van der Waals surface area (Å²) in [5, 5.41) is 8.68. The normalized spacial score (nSPS) is 11.3. The second-order valence-corrected chi connectivity index (χ2v) is 7.59. The van der Waals surface area contributed by atoms with Crippen LogP contribution in [0.4, 0.5) is 0 Å². The number of aryl methyl sites for hydroxylation is 1. The summed E-state index contributed by atoms with van der Waals surface area (Å²) < 4.78 is 5.18. The first-order valence-corrected chi connectivity index (χ1v) is 10.6. The zero-order chi connectivity index (χ0) is 20.5. The lowest BCUT2D eigenvalue weighted by molar-refractivity contribution is -0.139. The lowest BCUT2D eigenvalue weighted by atomic mass is 9.96. The predicted octanol–water partition coefficient (Wildman–Crippen LogP) is 5.94. The summed E-state index contributed by atoms with van der Waals surface area (Å²) in [6, 6.07) is 26.7. The van der Waals surface area contributed by atoms with Gasteiger partial charge in [0.1, 0.15) is 5.75 Å². The number of aliphatic carboxylic acids is 1. The Morgan fingerprint density at radius 2 is 1.59 bits per heavy atom. The van der Waals surface area contributed by atoms with Gasteiger partial charge in [0, 0.05) is 10.6 Å². The van der Waals surface area contributed by atoms with Gasteiger partial charge in [-0.05, 0) is 52.9 Å². The van der Waals surface area contributed by atoms with Crippen LogP contribution in [0.25, 0.3) is 5.57 Å². The van der Waals surface area contributed by atoms with Gasteiger partial charge in [0.05, 0.1) is 0 Å². The topological polar surface area (TPSA) is 46.5 Å². The van der Waals surface area contributed by atoms with Gasteiger partial charge in [0.25, 0.3) is 0 Å². The minimum atomic E-state index is -0.978. The molecule has 0 spiro atoms. The molecule has 3 aromatic rings. The third kappa shape index (κ3) is 6.26. The van der Waals surface area contributed by atoms with Crippen molar-refractivity contribution in [3.63, 3.8) is 0 Å². The summed E-state index contributed by atoms with van der Waals surface area (Å²) in [5.41, 5.74) is 4.98. The fourth-order valence-corrected chi connectivity index (χ4v) is 3.71. The van der Waals surface area contributed by atoms with Gasteiger partial charge in [-0.15, -0.1) is 11.8 Å². The monoisotopic (exact) mass is 404 g/mol. The molecular weight excluding hydrogens is 380 g/mol. The van der Waals surface area contributed by atoms with Crippen molar-refractivity contribution in [3.8, 4) is 5.75 Å². The molecule has 0 aliphatic heterocycles. The standard InChI is InChI=1S/C25H24O3S/c1-2-19-8-10-21(11-9-19)24(20-6-4-3-5-7-20)16-17-29-23-14-12-22(13-15-23)28-18-25(26)27/h3-16H,2,17-18H2,1H3,(H,26,27). The summed E-state index contributed by atoms with van der Waals surface area (Å²) in [6.45, 7) is 1.84. The Hall–Kier alpha value is -2.98. The molecule has 1 N–H and O–H groups in total. The number of thioether (sulfide) groups is 1. The van der Waals surface area contributed by atoms with E-state index in [4.69, 9.17) is 9.84 Å². The molecule has 0 unspecified atom stereocenters. The Bertz CT molecular complexity index is 946. The van der Waals surface area contributed by atoms with E-state index >= 15 is 0 Å². The minimum Gasteiger partial charge on any atom is -0.482 e. The van der Waals surface area contributed by atoms with Gasteiger partial charge in [-0.2, -0.15) is 0 Å². The molecule has 0 atom stereocenters. The summed E-state index contributed by atoms with van der Waals surface area (Å²) >= 11 is 1.73. The molecule has 4 heteroatoms. The van der Waals surface area contributed by atoms with Crippen LogP contribution >= 0.6 is 11.8 Å². The first-order chi connectivity index (χ1) is 14.2. The van der Waals surface area contributed by atoms with E-state index < -0.39 is 5.97 Å². The fourth-order valence-electron chi connectivity index (χ4n) is 2.94. The molecule has 3 nitrogen and oxygen atoms in total.